The molecule has 0 amide bonds. The lowest BCUT2D eigenvalue weighted by Crippen LogP contribution is -2.38. The summed E-state index contributed by atoms with van der Waals surface area (Å²) >= 11 is 6.14. The lowest BCUT2D eigenvalue weighted by molar-refractivity contribution is -0.149. The highest BCUT2D eigenvalue weighted by atomic mass is 35.5. The van der Waals surface area contributed by atoms with Crippen molar-refractivity contribution in [2.75, 3.05) is 11.9 Å². The van der Waals surface area contributed by atoms with E-state index in [1.165, 1.54) is 0 Å². The molecule has 3 aromatic heterocycles. The van der Waals surface area contributed by atoms with Crippen molar-refractivity contribution < 1.29 is 9.53 Å². The van der Waals surface area contributed by atoms with E-state index in [-0.39, 0.29) is 17.9 Å². The minimum atomic E-state index is -0.155. The Kier molecular flexibility index (Phi) is 6.18. The Hall–Kier alpha value is -2.67. The summed E-state index contributed by atoms with van der Waals surface area (Å²) in [5.41, 5.74) is 2.60. The van der Waals surface area contributed by atoms with Crippen LogP contribution in [0.15, 0.2) is 24.7 Å². The molecular formula is C22H26ClN5O2. The summed E-state index contributed by atoms with van der Waals surface area (Å²) in [7, 11) is 0. The summed E-state index contributed by atoms with van der Waals surface area (Å²) in [5.74, 6) is 1.08. The van der Waals surface area contributed by atoms with E-state index in [0.29, 0.717) is 17.5 Å². The van der Waals surface area contributed by atoms with Gasteiger partial charge in [0.25, 0.3) is 0 Å². The van der Waals surface area contributed by atoms with Crippen LogP contribution in [0.2, 0.25) is 5.02 Å². The van der Waals surface area contributed by atoms with E-state index >= 15 is 0 Å². The van der Waals surface area contributed by atoms with Crippen molar-refractivity contribution in [3.05, 3.63) is 35.2 Å². The first kappa shape index (κ1) is 20.6. The van der Waals surface area contributed by atoms with Gasteiger partial charge in [0.2, 0.25) is 0 Å². The number of aryl methyl sites for hydroxylation is 1. The monoisotopic (exact) mass is 427 g/mol. The lowest BCUT2D eigenvalue weighted by atomic mass is 9.84. The maximum atomic E-state index is 12.5. The Morgan fingerprint density at radius 3 is 2.90 bits per heavy atom. The zero-order valence-corrected chi connectivity index (χ0v) is 18.0. The average molecular weight is 428 g/mol. The number of H-pyrrole nitrogens is 1. The molecule has 7 nitrogen and oxygen atoms in total. The van der Waals surface area contributed by atoms with E-state index in [2.05, 4.69) is 27.2 Å². The molecule has 8 heteroatoms. The minimum Gasteiger partial charge on any atom is -0.466 e. The van der Waals surface area contributed by atoms with Gasteiger partial charge in [-0.15, -0.1) is 0 Å². The third-order valence-corrected chi connectivity index (χ3v) is 5.87. The zero-order chi connectivity index (χ0) is 21.1. The topological polar surface area (TPSA) is 92.8 Å². The number of pyridine rings is 1. The van der Waals surface area contributed by atoms with Crippen molar-refractivity contribution in [2.45, 2.75) is 52.0 Å². The number of aromatic amines is 1. The number of ether oxygens (including phenoxy) is 1. The Morgan fingerprint density at radius 1 is 1.27 bits per heavy atom. The number of esters is 1. The number of rotatable bonds is 6. The van der Waals surface area contributed by atoms with Gasteiger partial charge in [-0.05, 0) is 32.3 Å². The Morgan fingerprint density at radius 2 is 2.10 bits per heavy atom. The smallest absolute Gasteiger partial charge is 0.311 e. The van der Waals surface area contributed by atoms with Crippen molar-refractivity contribution in [3.8, 4) is 11.4 Å². The van der Waals surface area contributed by atoms with Gasteiger partial charge in [0, 0.05) is 41.1 Å². The van der Waals surface area contributed by atoms with Gasteiger partial charge in [0.1, 0.15) is 11.5 Å². The van der Waals surface area contributed by atoms with Crippen LogP contribution in [-0.4, -0.2) is 38.6 Å². The fourth-order valence-corrected chi connectivity index (χ4v) is 4.25. The highest BCUT2D eigenvalue weighted by Gasteiger charge is 2.32. The quantitative estimate of drug-likeness (QED) is 0.550. The molecule has 3 heterocycles. The summed E-state index contributed by atoms with van der Waals surface area (Å²) in [6.07, 6.45) is 9.98. The summed E-state index contributed by atoms with van der Waals surface area (Å²) in [6.45, 7) is 4.32. The fourth-order valence-electron chi connectivity index (χ4n) is 4.09. The van der Waals surface area contributed by atoms with E-state index in [9.17, 15) is 4.79 Å². The van der Waals surface area contributed by atoms with Gasteiger partial charge < -0.3 is 15.0 Å². The molecule has 0 radical (unpaired) electrons. The molecule has 3 aromatic rings. The molecule has 4 rings (SSSR count). The molecule has 0 spiro atoms. The van der Waals surface area contributed by atoms with Crippen LogP contribution in [0.5, 0.6) is 0 Å². The number of hydrogen-bond acceptors (Lipinski definition) is 6. The van der Waals surface area contributed by atoms with Crippen LogP contribution in [0.1, 0.15) is 45.1 Å². The molecule has 1 aliphatic carbocycles. The molecule has 1 saturated carbocycles. The number of halogens is 1. The van der Waals surface area contributed by atoms with Gasteiger partial charge >= 0.3 is 5.97 Å². The standard InChI is InChI=1S/C22H26ClN5O2/c1-3-13-10-24-21(17-12-26-20-16(17)9-14(23)11-25-20)28-19(13)27-18-8-6-5-7-15(18)22(29)30-4-2/h9-12,15,18H,3-8H2,1-2H3,(H,25,26)(H,24,27,28)/t15-,18-/m0/s1. The third kappa shape index (κ3) is 4.12. The number of aromatic nitrogens is 4. The summed E-state index contributed by atoms with van der Waals surface area (Å²) in [4.78, 5) is 29.3. The molecule has 2 N–H and O–H groups in total. The second kappa shape index (κ2) is 9.00. The number of hydrogen-bond donors (Lipinski definition) is 2. The van der Waals surface area contributed by atoms with E-state index in [4.69, 9.17) is 21.3 Å². The maximum absolute atomic E-state index is 12.5. The van der Waals surface area contributed by atoms with Gasteiger partial charge in [0.05, 0.1) is 17.5 Å². The Labute approximate surface area is 180 Å². The number of nitrogens with zero attached hydrogens (tertiary/aromatic N) is 3. The predicted octanol–water partition coefficient (Wildman–Crippen LogP) is 4.77. The van der Waals surface area contributed by atoms with E-state index in [1.807, 2.05) is 25.4 Å². The number of carbonyl (C=O) groups excluding carboxylic acids is 1. The van der Waals surface area contributed by atoms with Gasteiger partial charge in [-0.3, -0.25) is 4.79 Å². The number of carbonyl (C=O) groups is 1. The van der Waals surface area contributed by atoms with Crippen LogP contribution in [0, 0.1) is 5.92 Å². The second-order valence-electron chi connectivity index (χ2n) is 7.57. The van der Waals surface area contributed by atoms with Crippen molar-refractivity contribution in [1.82, 2.24) is 19.9 Å². The predicted molar refractivity (Wildman–Crippen MR) is 118 cm³/mol. The molecular weight excluding hydrogens is 402 g/mol. The van der Waals surface area contributed by atoms with Crippen molar-refractivity contribution in [1.29, 1.82) is 0 Å². The van der Waals surface area contributed by atoms with E-state index in [1.54, 1.807) is 6.20 Å². The van der Waals surface area contributed by atoms with Crippen LogP contribution in [-0.2, 0) is 16.0 Å². The summed E-state index contributed by atoms with van der Waals surface area (Å²) < 4.78 is 5.31. The first-order chi connectivity index (χ1) is 14.6. The molecule has 0 aliphatic heterocycles. The molecule has 2 atom stereocenters. The lowest BCUT2D eigenvalue weighted by Gasteiger charge is -2.31. The van der Waals surface area contributed by atoms with Crippen molar-refractivity contribution in [2.24, 2.45) is 5.92 Å². The molecule has 0 bridgehead atoms. The van der Waals surface area contributed by atoms with Crippen LogP contribution >= 0.6 is 11.6 Å². The molecule has 30 heavy (non-hydrogen) atoms. The number of nitrogens with one attached hydrogen (secondary N) is 2. The number of anilines is 1. The van der Waals surface area contributed by atoms with Crippen LogP contribution in [0.25, 0.3) is 22.4 Å². The molecule has 0 saturated heterocycles. The van der Waals surface area contributed by atoms with Gasteiger partial charge in [-0.1, -0.05) is 31.4 Å². The van der Waals surface area contributed by atoms with Gasteiger partial charge in [-0.2, -0.15) is 0 Å². The van der Waals surface area contributed by atoms with Crippen LogP contribution in [0.3, 0.4) is 0 Å². The van der Waals surface area contributed by atoms with Crippen molar-refractivity contribution >= 4 is 34.4 Å². The largest absolute Gasteiger partial charge is 0.466 e. The molecule has 1 aliphatic rings. The minimum absolute atomic E-state index is 0.00456. The highest BCUT2D eigenvalue weighted by molar-refractivity contribution is 6.31. The second-order valence-corrected chi connectivity index (χ2v) is 8.00. The Bertz CT molecular complexity index is 1050. The van der Waals surface area contributed by atoms with Crippen LogP contribution in [0.4, 0.5) is 5.82 Å². The first-order valence-electron chi connectivity index (χ1n) is 10.5. The average Bonchev–Trinajstić information content (AvgIpc) is 3.17. The summed E-state index contributed by atoms with van der Waals surface area (Å²) in [6, 6.07) is 1.86. The van der Waals surface area contributed by atoms with Crippen molar-refractivity contribution in [3.63, 3.8) is 0 Å². The van der Waals surface area contributed by atoms with Gasteiger partial charge in [-0.25, -0.2) is 15.0 Å². The molecule has 1 fully saturated rings. The zero-order valence-electron chi connectivity index (χ0n) is 17.2. The van der Waals surface area contributed by atoms with Gasteiger partial charge in [0.15, 0.2) is 5.82 Å². The fraction of sp³-hybridized carbons (Fsp3) is 0.455. The highest BCUT2D eigenvalue weighted by Crippen LogP contribution is 2.31. The molecule has 0 aromatic carbocycles. The Balaban J connectivity index is 1.67. The number of fused-ring (bicyclic) bond motifs is 1. The molecule has 158 valence electrons. The summed E-state index contributed by atoms with van der Waals surface area (Å²) in [5, 5.41) is 4.98. The third-order valence-electron chi connectivity index (χ3n) is 5.66. The first-order valence-corrected chi connectivity index (χ1v) is 10.9. The van der Waals surface area contributed by atoms with E-state index < -0.39 is 0 Å². The maximum Gasteiger partial charge on any atom is 0.311 e. The SMILES string of the molecule is CCOC(=O)[C@H]1CCCC[C@@H]1Nc1nc(-c2c[nH]c3ncc(Cl)cc23)ncc1CC. The van der Waals surface area contributed by atoms with Crippen LogP contribution < -0.4 is 5.32 Å². The molecule has 0 unspecified atom stereocenters. The normalized spacial score (nSPS) is 19.0. The van der Waals surface area contributed by atoms with E-state index in [0.717, 1.165) is 60.1 Å².